The molecule has 2 aromatic rings. The smallest absolute Gasteiger partial charge is 0.248 e. The van der Waals surface area contributed by atoms with Crippen molar-refractivity contribution in [3.05, 3.63) is 52.2 Å². The Balaban J connectivity index is 2.05. The minimum absolute atomic E-state index is 0.185. The highest BCUT2D eigenvalue weighted by molar-refractivity contribution is 7.89. The predicted octanol–water partition coefficient (Wildman–Crippen LogP) is 2.96. The van der Waals surface area contributed by atoms with Crippen LogP contribution in [0.4, 0.5) is 5.69 Å². The molecule has 23 heavy (non-hydrogen) atoms. The van der Waals surface area contributed by atoms with Crippen molar-refractivity contribution in [2.75, 3.05) is 19.4 Å². The standard InChI is InChI=1S/C16H18N2O3S2/c1-12-10-11-22-15(12)8-9-16(19)17-13-4-6-14(7-5-13)23(20,21)18(2)3/h4-11H,1-3H3,(H,17,19)/b9-8+. The largest absolute Gasteiger partial charge is 0.323 e. The van der Waals surface area contributed by atoms with Gasteiger partial charge in [0.15, 0.2) is 0 Å². The van der Waals surface area contributed by atoms with Gasteiger partial charge in [-0.05, 0) is 54.3 Å². The van der Waals surface area contributed by atoms with Crippen LogP contribution in [0, 0.1) is 6.92 Å². The monoisotopic (exact) mass is 350 g/mol. The van der Waals surface area contributed by atoms with Crippen molar-refractivity contribution in [3.63, 3.8) is 0 Å². The normalized spacial score (nSPS) is 12.0. The Labute approximate surface area is 140 Å². The molecule has 0 aliphatic carbocycles. The van der Waals surface area contributed by atoms with Crippen LogP contribution in [0.25, 0.3) is 6.08 Å². The van der Waals surface area contributed by atoms with E-state index in [2.05, 4.69) is 5.32 Å². The number of nitrogens with one attached hydrogen (secondary N) is 1. The molecule has 2 rings (SSSR count). The van der Waals surface area contributed by atoms with Gasteiger partial charge in [-0.1, -0.05) is 0 Å². The third-order valence-electron chi connectivity index (χ3n) is 3.19. The summed E-state index contributed by atoms with van der Waals surface area (Å²) in [7, 11) is -0.510. The molecule has 1 N–H and O–H groups in total. The lowest BCUT2D eigenvalue weighted by Crippen LogP contribution is -2.22. The van der Waals surface area contributed by atoms with Crippen LogP contribution in [-0.2, 0) is 14.8 Å². The van der Waals surface area contributed by atoms with Crippen molar-refractivity contribution in [2.24, 2.45) is 0 Å². The van der Waals surface area contributed by atoms with Crippen molar-refractivity contribution in [3.8, 4) is 0 Å². The van der Waals surface area contributed by atoms with Crippen LogP contribution in [0.5, 0.6) is 0 Å². The summed E-state index contributed by atoms with van der Waals surface area (Å²) in [6.07, 6.45) is 3.23. The van der Waals surface area contributed by atoms with Gasteiger partial charge in [-0.3, -0.25) is 4.79 Å². The molecule has 0 atom stereocenters. The Kier molecular flexibility index (Phi) is 5.35. The molecule has 122 valence electrons. The fourth-order valence-electron chi connectivity index (χ4n) is 1.81. The van der Waals surface area contributed by atoms with E-state index in [1.165, 1.54) is 32.3 Å². The first-order valence-electron chi connectivity index (χ1n) is 6.86. The van der Waals surface area contributed by atoms with Crippen LogP contribution in [0.2, 0.25) is 0 Å². The van der Waals surface area contributed by atoms with Gasteiger partial charge in [-0.25, -0.2) is 12.7 Å². The molecule has 0 aliphatic rings. The molecule has 0 unspecified atom stereocenters. The fraction of sp³-hybridized carbons (Fsp3) is 0.188. The van der Waals surface area contributed by atoms with Gasteiger partial charge in [0.1, 0.15) is 0 Å². The fourth-order valence-corrected chi connectivity index (χ4v) is 3.53. The Morgan fingerprint density at radius 1 is 1.17 bits per heavy atom. The summed E-state index contributed by atoms with van der Waals surface area (Å²) in [5.41, 5.74) is 1.66. The molecule has 0 bridgehead atoms. The number of carbonyl (C=O) groups is 1. The molecule has 0 aliphatic heterocycles. The summed E-state index contributed by atoms with van der Waals surface area (Å²) in [5, 5.41) is 4.67. The van der Waals surface area contributed by atoms with Gasteiger partial charge in [0, 0.05) is 30.7 Å². The molecule has 0 saturated heterocycles. The highest BCUT2D eigenvalue weighted by Gasteiger charge is 2.16. The van der Waals surface area contributed by atoms with Crippen LogP contribution in [0.1, 0.15) is 10.4 Å². The number of aryl methyl sites for hydroxylation is 1. The Morgan fingerprint density at radius 2 is 1.83 bits per heavy atom. The second kappa shape index (κ2) is 7.08. The van der Waals surface area contributed by atoms with Crippen LogP contribution in [0.3, 0.4) is 0 Å². The molecule has 1 heterocycles. The minimum Gasteiger partial charge on any atom is -0.323 e. The molecule has 0 saturated carbocycles. The second-order valence-electron chi connectivity index (χ2n) is 5.10. The maximum atomic E-state index is 12.0. The first kappa shape index (κ1) is 17.4. The molecule has 5 nitrogen and oxygen atoms in total. The van der Waals surface area contributed by atoms with E-state index in [0.29, 0.717) is 5.69 Å². The zero-order chi connectivity index (χ0) is 17.0. The summed E-state index contributed by atoms with van der Waals surface area (Å²) >= 11 is 1.57. The number of nitrogens with zero attached hydrogens (tertiary/aromatic N) is 1. The van der Waals surface area contributed by atoms with Crippen molar-refractivity contribution in [2.45, 2.75) is 11.8 Å². The number of hydrogen-bond donors (Lipinski definition) is 1. The van der Waals surface area contributed by atoms with Crippen LogP contribution < -0.4 is 5.32 Å². The van der Waals surface area contributed by atoms with E-state index >= 15 is 0 Å². The van der Waals surface area contributed by atoms with Gasteiger partial charge in [-0.15, -0.1) is 11.3 Å². The van der Waals surface area contributed by atoms with Gasteiger partial charge in [0.25, 0.3) is 0 Å². The van der Waals surface area contributed by atoms with Gasteiger partial charge in [-0.2, -0.15) is 0 Å². The lowest BCUT2D eigenvalue weighted by molar-refractivity contribution is -0.111. The van der Waals surface area contributed by atoms with Crippen molar-refractivity contribution in [1.29, 1.82) is 0 Å². The highest BCUT2D eigenvalue weighted by Crippen LogP contribution is 2.18. The average Bonchev–Trinajstić information content (AvgIpc) is 2.91. The van der Waals surface area contributed by atoms with Crippen molar-refractivity contribution in [1.82, 2.24) is 4.31 Å². The zero-order valence-corrected chi connectivity index (χ0v) is 14.7. The van der Waals surface area contributed by atoms with E-state index in [4.69, 9.17) is 0 Å². The van der Waals surface area contributed by atoms with Gasteiger partial charge >= 0.3 is 0 Å². The Bertz CT molecular complexity index is 819. The van der Waals surface area contributed by atoms with E-state index in [1.807, 2.05) is 18.4 Å². The zero-order valence-electron chi connectivity index (χ0n) is 13.1. The SMILES string of the molecule is Cc1ccsc1/C=C/C(=O)Nc1ccc(S(=O)(=O)N(C)C)cc1. The summed E-state index contributed by atoms with van der Waals surface area (Å²) in [5.74, 6) is -0.263. The van der Waals surface area contributed by atoms with E-state index in [1.54, 1.807) is 29.5 Å². The van der Waals surface area contributed by atoms with E-state index in [0.717, 1.165) is 14.7 Å². The molecular formula is C16H18N2O3S2. The third kappa shape index (κ3) is 4.28. The number of sulfonamides is 1. The molecule has 0 spiro atoms. The predicted molar refractivity (Wildman–Crippen MR) is 94.0 cm³/mol. The molecular weight excluding hydrogens is 332 g/mol. The first-order chi connectivity index (χ1) is 10.8. The number of anilines is 1. The minimum atomic E-state index is -3.46. The molecule has 0 radical (unpaired) electrons. The first-order valence-corrected chi connectivity index (χ1v) is 9.18. The number of amides is 1. The average molecular weight is 350 g/mol. The summed E-state index contributed by atoms with van der Waals surface area (Å²) < 4.78 is 25.1. The number of carbonyl (C=O) groups excluding carboxylic acids is 1. The van der Waals surface area contributed by atoms with Crippen LogP contribution in [-0.4, -0.2) is 32.7 Å². The topological polar surface area (TPSA) is 66.5 Å². The van der Waals surface area contributed by atoms with Gasteiger partial charge < -0.3 is 5.32 Å². The molecule has 7 heteroatoms. The molecule has 1 amide bonds. The van der Waals surface area contributed by atoms with E-state index in [-0.39, 0.29) is 10.8 Å². The molecule has 1 aromatic heterocycles. The van der Waals surface area contributed by atoms with Crippen molar-refractivity contribution >= 4 is 39.0 Å². The summed E-state index contributed by atoms with van der Waals surface area (Å²) in [6, 6.07) is 8.07. The Morgan fingerprint density at radius 3 is 2.35 bits per heavy atom. The maximum absolute atomic E-state index is 12.0. The lowest BCUT2D eigenvalue weighted by atomic mass is 10.2. The Hall–Kier alpha value is -1.96. The number of hydrogen-bond acceptors (Lipinski definition) is 4. The maximum Gasteiger partial charge on any atom is 0.248 e. The van der Waals surface area contributed by atoms with Crippen molar-refractivity contribution < 1.29 is 13.2 Å². The number of benzene rings is 1. The number of thiophene rings is 1. The summed E-state index contributed by atoms with van der Waals surface area (Å²) in [6.45, 7) is 1.98. The van der Waals surface area contributed by atoms with Crippen LogP contribution >= 0.6 is 11.3 Å². The quantitative estimate of drug-likeness (QED) is 0.843. The third-order valence-corrected chi connectivity index (χ3v) is 6.00. The van der Waals surface area contributed by atoms with E-state index < -0.39 is 10.0 Å². The molecule has 1 aromatic carbocycles. The summed E-state index contributed by atoms with van der Waals surface area (Å²) in [4.78, 5) is 13.1. The van der Waals surface area contributed by atoms with Gasteiger partial charge in [0.05, 0.1) is 4.90 Å². The van der Waals surface area contributed by atoms with Crippen LogP contribution in [0.15, 0.2) is 46.7 Å². The number of rotatable bonds is 5. The lowest BCUT2D eigenvalue weighted by Gasteiger charge is -2.11. The molecule has 0 fully saturated rings. The highest BCUT2D eigenvalue weighted by atomic mass is 32.2. The second-order valence-corrected chi connectivity index (χ2v) is 8.20. The van der Waals surface area contributed by atoms with E-state index in [9.17, 15) is 13.2 Å². The van der Waals surface area contributed by atoms with Gasteiger partial charge in [0.2, 0.25) is 15.9 Å².